The van der Waals surface area contributed by atoms with E-state index >= 15 is 0 Å². The van der Waals surface area contributed by atoms with Crippen molar-refractivity contribution in [3.05, 3.63) is 41.2 Å². The van der Waals surface area contributed by atoms with Gasteiger partial charge in [-0.15, -0.1) is 0 Å². The number of rotatable bonds is 4. The molecule has 5 heteroatoms. The van der Waals surface area contributed by atoms with Gasteiger partial charge in [0.2, 0.25) is 0 Å². The second-order valence-corrected chi connectivity index (χ2v) is 4.28. The molecule has 2 aromatic rings. The molecular formula is C15H17NO4. The minimum absolute atomic E-state index is 0.236. The molecule has 0 bridgehead atoms. The number of carbonyl (C=O) groups excluding carboxylic acids is 2. The van der Waals surface area contributed by atoms with Crippen molar-refractivity contribution in [2.75, 3.05) is 13.2 Å². The minimum Gasteiger partial charge on any atom is -0.462 e. The Morgan fingerprint density at radius 1 is 1.10 bits per heavy atom. The van der Waals surface area contributed by atoms with Gasteiger partial charge in [0.1, 0.15) is 0 Å². The lowest BCUT2D eigenvalue weighted by Crippen LogP contribution is -2.12. The molecule has 0 saturated heterocycles. The van der Waals surface area contributed by atoms with Crippen LogP contribution in [0.2, 0.25) is 0 Å². The molecule has 2 aromatic heterocycles. The summed E-state index contributed by atoms with van der Waals surface area (Å²) in [7, 11) is 0. The molecule has 0 unspecified atom stereocenters. The van der Waals surface area contributed by atoms with Crippen molar-refractivity contribution in [1.29, 1.82) is 0 Å². The summed E-state index contributed by atoms with van der Waals surface area (Å²) in [6, 6.07) is 5.52. The van der Waals surface area contributed by atoms with Gasteiger partial charge >= 0.3 is 11.9 Å². The number of fused-ring (bicyclic) bond motifs is 1. The van der Waals surface area contributed by atoms with E-state index in [0.29, 0.717) is 5.52 Å². The summed E-state index contributed by atoms with van der Waals surface area (Å²) in [6.07, 6.45) is 1.62. The van der Waals surface area contributed by atoms with Crippen LogP contribution in [0.1, 0.15) is 40.3 Å². The third-order valence-corrected chi connectivity index (χ3v) is 2.99. The lowest BCUT2D eigenvalue weighted by molar-refractivity contribution is 0.0482. The monoisotopic (exact) mass is 275 g/mol. The molecule has 0 saturated carbocycles. The molecule has 20 heavy (non-hydrogen) atoms. The smallest absolute Gasteiger partial charge is 0.341 e. The largest absolute Gasteiger partial charge is 0.462 e. The van der Waals surface area contributed by atoms with E-state index in [2.05, 4.69) is 0 Å². The maximum Gasteiger partial charge on any atom is 0.341 e. The fourth-order valence-corrected chi connectivity index (χ4v) is 2.12. The second kappa shape index (κ2) is 5.77. The number of esters is 2. The molecule has 0 fully saturated rings. The van der Waals surface area contributed by atoms with Crippen molar-refractivity contribution < 1.29 is 19.1 Å². The van der Waals surface area contributed by atoms with E-state index in [1.54, 1.807) is 30.5 Å². The number of hydrogen-bond acceptors (Lipinski definition) is 4. The summed E-state index contributed by atoms with van der Waals surface area (Å²) in [5.41, 5.74) is 2.06. The first-order valence-electron chi connectivity index (χ1n) is 6.55. The maximum absolute atomic E-state index is 12.1. The van der Waals surface area contributed by atoms with E-state index in [0.717, 1.165) is 5.69 Å². The highest BCUT2D eigenvalue weighted by Crippen LogP contribution is 2.22. The van der Waals surface area contributed by atoms with Gasteiger partial charge in [-0.25, -0.2) is 9.59 Å². The summed E-state index contributed by atoms with van der Waals surface area (Å²) >= 11 is 0. The highest BCUT2D eigenvalue weighted by molar-refractivity contribution is 6.08. The van der Waals surface area contributed by atoms with Gasteiger partial charge in [0.05, 0.1) is 29.9 Å². The predicted molar refractivity (Wildman–Crippen MR) is 74.0 cm³/mol. The molecule has 0 atom stereocenters. The number of aromatic nitrogens is 1. The van der Waals surface area contributed by atoms with Crippen LogP contribution in [0.4, 0.5) is 0 Å². The standard InChI is InChI=1S/C15H17NO4/c1-4-19-14(17)11-9-16-10(3)7-6-8-12(16)13(11)15(18)20-5-2/h6-9H,4-5H2,1-3H3. The summed E-state index contributed by atoms with van der Waals surface area (Å²) in [6.45, 7) is 5.86. The van der Waals surface area contributed by atoms with E-state index in [4.69, 9.17) is 9.47 Å². The molecule has 2 rings (SSSR count). The number of nitrogens with zero attached hydrogens (tertiary/aromatic N) is 1. The average Bonchev–Trinajstić information content (AvgIpc) is 2.80. The summed E-state index contributed by atoms with van der Waals surface area (Å²) in [5, 5.41) is 0. The van der Waals surface area contributed by atoms with Crippen molar-refractivity contribution in [3.8, 4) is 0 Å². The number of aryl methyl sites for hydroxylation is 1. The lowest BCUT2D eigenvalue weighted by atomic mass is 10.1. The van der Waals surface area contributed by atoms with Gasteiger partial charge in [-0.1, -0.05) is 6.07 Å². The first-order valence-corrected chi connectivity index (χ1v) is 6.55. The number of ether oxygens (including phenoxy) is 2. The predicted octanol–water partition coefficient (Wildman–Crippen LogP) is 2.60. The molecule has 0 aliphatic rings. The van der Waals surface area contributed by atoms with Crippen molar-refractivity contribution >= 4 is 17.5 Å². The van der Waals surface area contributed by atoms with E-state index in [-0.39, 0.29) is 24.3 Å². The van der Waals surface area contributed by atoms with Crippen LogP contribution in [-0.4, -0.2) is 29.6 Å². The van der Waals surface area contributed by atoms with Crippen LogP contribution in [0.25, 0.3) is 5.52 Å². The Kier molecular flexibility index (Phi) is 4.08. The van der Waals surface area contributed by atoms with Crippen LogP contribution in [0.3, 0.4) is 0 Å². The number of carbonyl (C=O) groups is 2. The Labute approximate surface area is 117 Å². The zero-order valence-electron chi connectivity index (χ0n) is 11.8. The van der Waals surface area contributed by atoms with Gasteiger partial charge in [-0.05, 0) is 32.9 Å². The van der Waals surface area contributed by atoms with E-state index in [1.807, 2.05) is 19.1 Å². The molecule has 0 radical (unpaired) electrons. The van der Waals surface area contributed by atoms with Gasteiger partial charge in [0.15, 0.2) is 0 Å². The molecule has 0 aliphatic carbocycles. The normalized spacial score (nSPS) is 10.6. The fourth-order valence-electron chi connectivity index (χ4n) is 2.12. The fraction of sp³-hybridized carbons (Fsp3) is 0.333. The quantitative estimate of drug-likeness (QED) is 0.805. The lowest BCUT2D eigenvalue weighted by Gasteiger charge is -2.04. The van der Waals surface area contributed by atoms with Gasteiger partial charge < -0.3 is 13.9 Å². The Morgan fingerprint density at radius 2 is 1.75 bits per heavy atom. The van der Waals surface area contributed by atoms with Crippen LogP contribution in [0.15, 0.2) is 24.4 Å². The Balaban J connectivity index is 2.66. The Morgan fingerprint density at radius 3 is 2.40 bits per heavy atom. The van der Waals surface area contributed by atoms with E-state index in [9.17, 15) is 9.59 Å². The summed E-state index contributed by atoms with van der Waals surface area (Å²) in [4.78, 5) is 24.1. The van der Waals surface area contributed by atoms with Crippen LogP contribution in [0.5, 0.6) is 0 Å². The van der Waals surface area contributed by atoms with Crippen LogP contribution < -0.4 is 0 Å². The Hall–Kier alpha value is -2.30. The molecular weight excluding hydrogens is 258 g/mol. The SMILES string of the molecule is CCOC(=O)c1cn2c(C)cccc2c1C(=O)OCC. The van der Waals surface area contributed by atoms with Gasteiger partial charge in [0.25, 0.3) is 0 Å². The third kappa shape index (κ3) is 2.39. The zero-order chi connectivity index (χ0) is 14.7. The maximum atomic E-state index is 12.1. The molecule has 0 amide bonds. The molecule has 0 aliphatic heterocycles. The molecule has 5 nitrogen and oxygen atoms in total. The van der Waals surface area contributed by atoms with Gasteiger partial charge in [-0.2, -0.15) is 0 Å². The number of hydrogen-bond donors (Lipinski definition) is 0. The molecule has 0 aromatic carbocycles. The van der Waals surface area contributed by atoms with Crippen LogP contribution in [0, 0.1) is 6.92 Å². The van der Waals surface area contributed by atoms with Crippen LogP contribution in [-0.2, 0) is 9.47 Å². The topological polar surface area (TPSA) is 57.0 Å². The van der Waals surface area contributed by atoms with E-state index < -0.39 is 11.9 Å². The zero-order valence-corrected chi connectivity index (χ0v) is 11.8. The van der Waals surface area contributed by atoms with Crippen molar-refractivity contribution in [3.63, 3.8) is 0 Å². The number of pyridine rings is 1. The van der Waals surface area contributed by atoms with Gasteiger partial charge in [0, 0.05) is 11.9 Å². The van der Waals surface area contributed by atoms with E-state index in [1.165, 1.54) is 0 Å². The Bertz CT molecular complexity index is 657. The van der Waals surface area contributed by atoms with Crippen molar-refractivity contribution in [2.45, 2.75) is 20.8 Å². The average molecular weight is 275 g/mol. The first-order chi connectivity index (χ1) is 9.60. The molecule has 0 N–H and O–H groups in total. The minimum atomic E-state index is -0.515. The summed E-state index contributed by atoms with van der Waals surface area (Å²) in [5.74, 6) is -1.03. The third-order valence-electron chi connectivity index (χ3n) is 2.99. The molecule has 0 spiro atoms. The van der Waals surface area contributed by atoms with Crippen molar-refractivity contribution in [2.24, 2.45) is 0 Å². The van der Waals surface area contributed by atoms with Crippen LogP contribution >= 0.6 is 0 Å². The first kappa shape index (κ1) is 14.1. The van der Waals surface area contributed by atoms with Crippen molar-refractivity contribution in [1.82, 2.24) is 4.40 Å². The molecule has 106 valence electrons. The molecule has 2 heterocycles. The highest BCUT2D eigenvalue weighted by Gasteiger charge is 2.24. The second-order valence-electron chi connectivity index (χ2n) is 4.28. The van der Waals surface area contributed by atoms with Gasteiger partial charge in [-0.3, -0.25) is 0 Å². The summed E-state index contributed by atoms with van der Waals surface area (Å²) < 4.78 is 11.8. The highest BCUT2D eigenvalue weighted by atomic mass is 16.5.